The molecule has 3 aromatic rings. The minimum Gasteiger partial charge on any atom is -0.336 e. The van der Waals surface area contributed by atoms with Crippen LogP contribution in [-0.4, -0.2) is 17.0 Å². The first-order valence-corrected chi connectivity index (χ1v) is 9.13. The van der Waals surface area contributed by atoms with Gasteiger partial charge in [-0.15, -0.1) is 0 Å². The van der Waals surface area contributed by atoms with Crippen molar-refractivity contribution in [2.75, 3.05) is 11.4 Å². The lowest BCUT2D eigenvalue weighted by Gasteiger charge is -2.22. The van der Waals surface area contributed by atoms with Gasteiger partial charge in [-0.1, -0.05) is 49.7 Å². The van der Waals surface area contributed by atoms with Crippen LogP contribution in [0.2, 0.25) is 0 Å². The van der Waals surface area contributed by atoms with Crippen molar-refractivity contribution in [3.8, 4) is 0 Å². The van der Waals surface area contributed by atoms with Gasteiger partial charge in [0.25, 0.3) is 5.91 Å². The molecule has 3 nitrogen and oxygen atoms in total. The molecule has 0 spiro atoms. The molecule has 130 valence electrons. The van der Waals surface area contributed by atoms with Crippen molar-refractivity contribution in [2.24, 2.45) is 0 Å². The van der Waals surface area contributed by atoms with Gasteiger partial charge in [0, 0.05) is 29.7 Å². The fraction of sp³-hybridized carbons (Fsp3) is 0.318. The third-order valence-corrected chi connectivity index (χ3v) is 4.79. The average molecular weight is 334 g/mol. The largest absolute Gasteiger partial charge is 0.336 e. The van der Waals surface area contributed by atoms with Gasteiger partial charge < -0.3 is 9.47 Å². The SMILES string of the molecule is CCCCn1c(C(=O)N(CC)c2ccccc2)c(C)c2ccccc21. The second-order valence-corrected chi connectivity index (χ2v) is 6.38. The Morgan fingerprint density at radius 1 is 1.00 bits per heavy atom. The Labute approximate surface area is 149 Å². The first-order valence-electron chi connectivity index (χ1n) is 9.13. The second kappa shape index (κ2) is 7.56. The molecule has 3 rings (SSSR count). The van der Waals surface area contributed by atoms with Gasteiger partial charge in [0.15, 0.2) is 0 Å². The lowest BCUT2D eigenvalue weighted by Crippen LogP contribution is -2.32. The number of aryl methyl sites for hydroxylation is 2. The van der Waals surface area contributed by atoms with Crippen LogP contribution in [0.25, 0.3) is 10.9 Å². The van der Waals surface area contributed by atoms with E-state index in [1.165, 1.54) is 5.39 Å². The number of benzene rings is 2. The van der Waals surface area contributed by atoms with E-state index in [0.717, 1.165) is 41.8 Å². The molecule has 1 heterocycles. The maximum absolute atomic E-state index is 13.5. The number of hydrogen-bond acceptors (Lipinski definition) is 1. The van der Waals surface area contributed by atoms with Gasteiger partial charge in [-0.2, -0.15) is 0 Å². The molecule has 0 N–H and O–H groups in total. The number of hydrogen-bond donors (Lipinski definition) is 0. The molecule has 0 fully saturated rings. The maximum Gasteiger partial charge on any atom is 0.275 e. The van der Waals surface area contributed by atoms with Crippen molar-refractivity contribution in [2.45, 2.75) is 40.2 Å². The molecule has 0 radical (unpaired) electrons. The van der Waals surface area contributed by atoms with Gasteiger partial charge in [-0.3, -0.25) is 4.79 Å². The molecule has 0 atom stereocenters. The van der Waals surface area contributed by atoms with Gasteiger partial charge >= 0.3 is 0 Å². The van der Waals surface area contributed by atoms with Crippen LogP contribution in [0, 0.1) is 6.92 Å². The summed E-state index contributed by atoms with van der Waals surface area (Å²) in [5.74, 6) is 0.0819. The molecule has 0 aliphatic carbocycles. The Kier molecular flexibility index (Phi) is 5.22. The molecule has 0 aliphatic heterocycles. The van der Waals surface area contributed by atoms with Gasteiger partial charge in [0.2, 0.25) is 0 Å². The van der Waals surface area contributed by atoms with E-state index in [1.54, 1.807) is 0 Å². The maximum atomic E-state index is 13.5. The molecule has 1 amide bonds. The molecular weight excluding hydrogens is 308 g/mol. The van der Waals surface area contributed by atoms with E-state index in [9.17, 15) is 4.79 Å². The second-order valence-electron chi connectivity index (χ2n) is 6.38. The minimum atomic E-state index is 0.0819. The quantitative estimate of drug-likeness (QED) is 0.591. The van der Waals surface area contributed by atoms with Crippen LogP contribution in [-0.2, 0) is 6.54 Å². The molecule has 0 saturated heterocycles. The first-order chi connectivity index (χ1) is 12.2. The number of amides is 1. The number of carbonyl (C=O) groups is 1. The Bertz CT molecular complexity index is 864. The molecule has 0 bridgehead atoms. The molecule has 0 saturated carbocycles. The zero-order chi connectivity index (χ0) is 17.8. The van der Waals surface area contributed by atoms with Gasteiger partial charge in [0.1, 0.15) is 5.69 Å². The lowest BCUT2D eigenvalue weighted by molar-refractivity contribution is 0.0979. The van der Waals surface area contributed by atoms with E-state index in [-0.39, 0.29) is 5.91 Å². The van der Waals surface area contributed by atoms with Crippen molar-refractivity contribution in [1.29, 1.82) is 0 Å². The fourth-order valence-electron chi connectivity index (χ4n) is 3.48. The highest BCUT2D eigenvalue weighted by atomic mass is 16.2. The van der Waals surface area contributed by atoms with Crippen LogP contribution in [0.1, 0.15) is 42.7 Å². The van der Waals surface area contributed by atoms with Crippen molar-refractivity contribution in [3.05, 3.63) is 65.9 Å². The Hall–Kier alpha value is -2.55. The van der Waals surface area contributed by atoms with E-state index in [0.29, 0.717) is 6.54 Å². The Morgan fingerprint density at radius 2 is 1.68 bits per heavy atom. The molecule has 3 heteroatoms. The number of fused-ring (bicyclic) bond motifs is 1. The molecule has 2 aromatic carbocycles. The summed E-state index contributed by atoms with van der Waals surface area (Å²) in [5.41, 5.74) is 3.99. The monoisotopic (exact) mass is 334 g/mol. The van der Waals surface area contributed by atoms with Gasteiger partial charge in [-0.25, -0.2) is 0 Å². The number of nitrogens with zero attached hydrogens (tertiary/aromatic N) is 2. The highest BCUT2D eigenvalue weighted by Gasteiger charge is 2.24. The van der Waals surface area contributed by atoms with E-state index in [4.69, 9.17) is 0 Å². The topological polar surface area (TPSA) is 25.2 Å². The average Bonchev–Trinajstić information content (AvgIpc) is 2.93. The predicted octanol–water partition coefficient (Wildman–Crippen LogP) is 5.42. The highest BCUT2D eigenvalue weighted by molar-refractivity contribution is 6.09. The standard InChI is InChI=1S/C22H26N2O/c1-4-6-16-24-20-15-11-10-14-19(20)17(3)21(24)22(25)23(5-2)18-12-8-7-9-13-18/h7-15H,4-6,16H2,1-3H3. The van der Waals surface area contributed by atoms with Crippen LogP contribution < -0.4 is 4.90 Å². The summed E-state index contributed by atoms with van der Waals surface area (Å²) in [6, 6.07) is 18.2. The Morgan fingerprint density at radius 3 is 2.36 bits per heavy atom. The molecule has 0 aliphatic rings. The predicted molar refractivity (Wildman–Crippen MR) is 105 cm³/mol. The minimum absolute atomic E-state index is 0.0819. The summed E-state index contributed by atoms with van der Waals surface area (Å²) >= 11 is 0. The third kappa shape index (κ3) is 3.19. The van der Waals surface area contributed by atoms with Gasteiger partial charge in [-0.05, 0) is 44.0 Å². The number of rotatable bonds is 6. The van der Waals surface area contributed by atoms with Crippen LogP contribution in [0.15, 0.2) is 54.6 Å². The first kappa shape index (κ1) is 17.3. The van der Waals surface area contributed by atoms with E-state index in [1.807, 2.05) is 54.3 Å². The summed E-state index contributed by atoms with van der Waals surface area (Å²) < 4.78 is 2.21. The zero-order valence-electron chi connectivity index (χ0n) is 15.3. The number of anilines is 1. The summed E-state index contributed by atoms with van der Waals surface area (Å²) in [5, 5.41) is 1.17. The molecule has 1 aromatic heterocycles. The smallest absolute Gasteiger partial charge is 0.275 e. The van der Waals surface area contributed by atoms with Crippen molar-refractivity contribution in [1.82, 2.24) is 4.57 Å². The third-order valence-electron chi connectivity index (χ3n) is 4.79. The fourth-order valence-corrected chi connectivity index (χ4v) is 3.48. The normalized spacial score (nSPS) is 11.0. The summed E-state index contributed by atoms with van der Waals surface area (Å²) in [7, 11) is 0. The van der Waals surface area contributed by atoms with Crippen molar-refractivity contribution in [3.63, 3.8) is 0 Å². The molecular formula is C22H26N2O. The summed E-state index contributed by atoms with van der Waals surface area (Å²) in [6.45, 7) is 7.80. The number of para-hydroxylation sites is 2. The van der Waals surface area contributed by atoms with Crippen molar-refractivity contribution < 1.29 is 4.79 Å². The molecule has 25 heavy (non-hydrogen) atoms. The van der Waals surface area contributed by atoms with E-state index < -0.39 is 0 Å². The summed E-state index contributed by atoms with van der Waals surface area (Å²) in [4.78, 5) is 15.3. The number of aromatic nitrogens is 1. The number of unbranched alkanes of at least 4 members (excludes halogenated alkanes) is 1. The molecule has 0 unspecified atom stereocenters. The Balaban J connectivity index is 2.13. The highest BCUT2D eigenvalue weighted by Crippen LogP contribution is 2.28. The van der Waals surface area contributed by atoms with Crippen LogP contribution in [0.5, 0.6) is 0 Å². The number of carbonyl (C=O) groups excluding carboxylic acids is 1. The lowest BCUT2D eigenvalue weighted by atomic mass is 10.1. The van der Waals surface area contributed by atoms with Crippen LogP contribution in [0.3, 0.4) is 0 Å². The zero-order valence-corrected chi connectivity index (χ0v) is 15.3. The van der Waals surface area contributed by atoms with E-state index in [2.05, 4.69) is 30.5 Å². The van der Waals surface area contributed by atoms with Crippen molar-refractivity contribution >= 4 is 22.5 Å². The van der Waals surface area contributed by atoms with Crippen LogP contribution in [0.4, 0.5) is 5.69 Å². The van der Waals surface area contributed by atoms with E-state index >= 15 is 0 Å². The summed E-state index contributed by atoms with van der Waals surface area (Å²) in [6.07, 6.45) is 2.17. The van der Waals surface area contributed by atoms with Crippen LogP contribution >= 0.6 is 0 Å². The van der Waals surface area contributed by atoms with Gasteiger partial charge in [0.05, 0.1) is 0 Å².